The maximum Gasteiger partial charge on any atom is 0.241 e. The van der Waals surface area contributed by atoms with E-state index in [0.29, 0.717) is 11.6 Å². The summed E-state index contributed by atoms with van der Waals surface area (Å²) in [7, 11) is -2.08. The molecule has 0 unspecified atom stereocenters. The summed E-state index contributed by atoms with van der Waals surface area (Å²) >= 11 is 1.37. The second-order valence-corrected chi connectivity index (χ2v) is 14.0. The van der Waals surface area contributed by atoms with Gasteiger partial charge in [-0.05, 0) is 48.6 Å². The molecule has 1 saturated carbocycles. The molecule has 2 aliphatic rings. The highest BCUT2D eigenvalue weighted by molar-refractivity contribution is 7.92. The number of hydrogen-bond acceptors (Lipinski definition) is 7. The van der Waals surface area contributed by atoms with Gasteiger partial charge in [-0.25, -0.2) is 13.4 Å². The molecular weight excluding hydrogens is 522 g/mol. The van der Waals surface area contributed by atoms with Crippen molar-refractivity contribution in [2.75, 3.05) is 24.7 Å². The number of fused-ring (bicyclic) bond motifs is 2. The quantitative estimate of drug-likeness (QED) is 0.505. The Hall–Kier alpha value is -2.74. The third-order valence-corrected chi connectivity index (χ3v) is 10.9. The molecule has 0 bridgehead atoms. The van der Waals surface area contributed by atoms with Crippen molar-refractivity contribution in [2.45, 2.75) is 57.0 Å². The Morgan fingerprint density at radius 2 is 2.03 bits per heavy atom. The number of benzene rings is 1. The summed E-state index contributed by atoms with van der Waals surface area (Å²) in [6, 6.07) is 7.89. The van der Waals surface area contributed by atoms with Gasteiger partial charge in [-0.3, -0.25) is 9.59 Å². The van der Waals surface area contributed by atoms with Crippen molar-refractivity contribution in [1.82, 2.24) is 9.88 Å². The number of nitrogens with zero attached hydrogens (tertiary/aromatic N) is 2. The molecule has 2 N–H and O–H groups in total. The molecule has 0 aliphatic heterocycles. The Balaban J connectivity index is 1.50. The molecule has 38 heavy (non-hydrogen) atoms. The number of sulfone groups is 1. The fourth-order valence-corrected chi connectivity index (χ4v) is 8.82. The van der Waals surface area contributed by atoms with Crippen molar-refractivity contribution in [3.63, 3.8) is 0 Å². The van der Waals surface area contributed by atoms with Gasteiger partial charge < -0.3 is 15.3 Å². The molecule has 204 valence electrons. The van der Waals surface area contributed by atoms with Crippen LogP contribution in [-0.2, 0) is 25.8 Å². The van der Waals surface area contributed by atoms with Crippen molar-refractivity contribution in [2.24, 2.45) is 23.2 Å². The van der Waals surface area contributed by atoms with Crippen LogP contribution in [0.15, 0.2) is 35.2 Å². The number of thiazole rings is 1. The first-order chi connectivity index (χ1) is 17.9. The molecule has 2 aliphatic carbocycles. The molecule has 1 fully saturated rings. The number of aliphatic hydroxyl groups excluding tert-OH is 1. The third-order valence-electron chi connectivity index (χ3n) is 8.33. The van der Waals surface area contributed by atoms with Crippen molar-refractivity contribution >= 4 is 38.1 Å². The predicted octanol–water partition coefficient (Wildman–Crippen LogP) is 3.34. The van der Waals surface area contributed by atoms with Crippen LogP contribution in [0.1, 0.15) is 50.1 Å². The number of carbonyl (C=O) groups excluding carboxylic acids is 2. The number of hydrogen-bond donors (Lipinski definition) is 2. The fraction of sp³-hybridized carbons (Fsp3) is 0.536. The maximum absolute atomic E-state index is 12.9. The van der Waals surface area contributed by atoms with Crippen molar-refractivity contribution < 1.29 is 23.1 Å². The molecule has 8 nitrogen and oxygen atoms in total. The van der Waals surface area contributed by atoms with E-state index in [2.05, 4.69) is 23.1 Å². The van der Waals surface area contributed by atoms with E-state index < -0.39 is 27.6 Å². The summed E-state index contributed by atoms with van der Waals surface area (Å²) in [6.45, 7) is 6.31. The van der Waals surface area contributed by atoms with Gasteiger partial charge in [0.1, 0.15) is 5.75 Å². The van der Waals surface area contributed by atoms with E-state index in [1.807, 2.05) is 13.8 Å². The van der Waals surface area contributed by atoms with Crippen LogP contribution < -0.4 is 5.32 Å². The van der Waals surface area contributed by atoms with Crippen LogP contribution in [0.4, 0.5) is 5.13 Å². The normalized spacial score (nSPS) is 27.4. The van der Waals surface area contributed by atoms with Gasteiger partial charge in [-0.2, -0.15) is 0 Å². The lowest BCUT2D eigenvalue weighted by molar-refractivity contribution is -0.142. The van der Waals surface area contributed by atoms with Gasteiger partial charge in [0.25, 0.3) is 0 Å². The van der Waals surface area contributed by atoms with Gasteiger partial charge in [-0.15, -0.1) is 17.8 Å². The first kappa shape index (κ1) is 28.3. The average Bonchev–Trinajstić information content (AvgIpc) is 3.25. The van der Waals surface area contributed by atoms with Crippen LogP contribution in [0.5, 0.6) is 0 Å². The van der Waals surface area contributed by atoms with Crippen LogP contribution in [-0.4, -0.2) is 60.7 Å². The zero-order valence-electron chi connectivity index (χ0n) is 22.2. The lowest BCUT2D eigenvalue weighted by Crippen LogP contribution is -2.53. The van der Waals surface area contributed by atoms with E-state index in [0.717, 1.165) is 23.4 Å². The molecule has 1 heterocycles. The number of carbonyl (C=O) groups is 2. The largest absolute Gasteiger partial charge is 0.392 e. The molecule has 10 heteroatoms. The van der Waals surface area contributed by atoms with Crippen LogP contribution in [0.3, 0.4) is 0 Å². The van der Waals surface area contributed by atoms with E-state index in [4.69, 9.17) is 6.42 Å². The molecule has 2 amide bonds. The number of anilines is 1. The summed E-state index contributed by atoms with van der Waals surface area (Å²) in [5.74, 6) is 0.369. The molecule has 4 rings (SSSR count). The Bertz CT molecular complexity index is 1350. The number of aromatic nitrogens is 1. The first-order valence-corrected chi connectivity index (χ1v) is 15.3. The van der Waals surface area contributed by atoms with Crippen LogP contribution in [0.2, 0.25) is 0 Å². The Kier molecular flexibility index (Phi) is 8.03. The van der Waals surface area contributed by atoms with Crippen LogP contribution >= 0.6 is 11.3 Å². The predicted molar refractivity (Wildman–Crippen MR) is 147 cm³/mol. The molecule has 1 aromatic heterocycles. The van der Waals surface area contributed by atoms with Crippen LogP contribution in [0, 0.1) is 35.5 Å². The zero-order valence-corrected chi connectivity index (χ0v) is 23.8. The fourth-order valence-electron chi connectivity index (χ4n) is 6.38. The number of nitrogens with one attached hydrogen (secondary N) is 1. The lowest BCUT2D eigenvalue weighted by Gasteiger charge is -2.53. The number of amides is 2. The van der Waals surface area contributed by atoms with Gasteiger partial charge in [0.2, 0.25) is 11.8 Å². The topological polar surface area (TPSA) is 117 Å². The summed E-state index contributed by atoms with van der Waals surface area (Å²) < 4.78 is 25.2. The van der Waals surface area contributed by atoms with Crippen molar-refractivity contribution in [1.29, 1.82) is 0 Å². The van der Waals surface area contributed by atoms with Gasteiger partial charge in [-0.1, -0.05) is 44.9 Å². The second-order valence-electron chi connectivity index (χ2n) is 11.0. The van der Waals surface area contributed by atoms with E-state index in [1.54, 1.807) is 25.2 Å². The van der Waals surface area contributed by atoms with Gasteiger partial charge in [0.05, 0.1) is 23.2 Å². The Morgan fingerprint density at radius 3 is 2.68 bits per heavy atom. The average molecular weight is 558 g/mol. The molecule has 0 radical (unpaired) electrons. The van der Waals surface area contributed by atoms with Gasteiger partial charge in [0, 0.05) is 23.8 Å². The SMILES string of the molecule is C#CCN(C)C(=O)[C@@H](C)[C@H]1CC[C@@]2(C)Cc3sc(NC(=O)CS(=O)(=O)c4ccccc4)nc3[C@@H](C)[C@@H]2[C@H]1O. The van der Waals surface area contributed by atoms with Gasteiger partial charge in [0.15, 0.2) is 15.0 Å². The minimum absolute atomic E-state index is 0.0659. The summed E-state index contributed by atoms with van der Waals surface area (Å²) in [5, 5.41) is 14.6. The highest BCUT2D eigenvalue weighted by atomic mass is 32.2. The monoisotopic (exact) mass is 557 g/mol. The number of rotatable bonds is 7. The minimum Gasteiger partial charge on any atom is -0.392 e. The minimum atomic E-state index is -3.77. The zero-order chi connectivity index (χ0) is 27.8. The standard InChI is InChI=1S/C28H35N3O5S2/c1-6-14-31(5)26(34)17(2)20-12-13-28(4)15-21-24(18(3)23(28)25(20)33)30-27(37-21)29-22(32)16-38(35,36)19-10-8-7-9-11-19/h1,7-11,17-18,20,23,25,33H,12-16H2,2-5H3,(H,29,30,32)/t17-,18-,20+,23+,25-,28-/m0/s1. The van der Waals surface area contributed by atoms with E-state index in [9.17, 15) is 23.1 Å². The Labute approximate surface area is 228 Å². The molecule has 0 saturated heterocycles. The van der Waals surface area contributed by atoms with E-state index in [1.165, 1.54) is 28.4 Å². The summed E-state index contributed by atoms with van der Waals surface area (Å²) in [5.41, 5.74) is 0.641. The molecule has 2 aromatic rings. The lowest BCUT2D eigenvalue weighted by atomic mass is 9.53. The first-order valence-electron chi connectivity index (χ1n) is 12.8. The number of terminal acetylenes is 1. The van der Waals surface area contributed by atoms with Crippen molar-refractivity contribution in [3.8, 4) is 12.3 Å². The van der Waals surface area contributed by atoms with E-state index >= 15 is 0 Å². The molecule has 6 atom stereocenters. The highest BCUT2D eigenvalue weighted by Crippen LogP contribution is 2.57. The summed E-state index contributed by atoms with van der Waals surface area (Å²) in [4.78, 5) is 32.9. The molecular formula is C28H35N3O5S2. The summed E-state index contributed by atoms with van der Waals surface area (Å²) in [6.07, 6.45) is 6.98. The van der Waals surface area contributed by atoms with E-state index in [-0.39, 0.29) is 46.4 Å². The third kappa shape index (κ3) is 5.37. The Morgan fingerprint density at radius 1 is 1.34 bits per heavy atom. The molecule has 1 aromatic carbocycles. The van der Waals surface area contributed by atoms with Crippen LogP contribution in [0.25, 0.3) is 0 Å². The van der Waals surface area contributed by atoms with Gasteiger partial charge >= 0.3 is 0 Å². The number of aliphatic hydroxyl groups is 1. The molecule has 0 spiro atoms. The maximum atomic E-state index is 12.9. The van der Waals surface area contributed by atoms with Crippen molar-refractivity contribution in [3.05, 3.63) is 40.9 Å². The smallest absolute Gasteiger partial charge is 0.241 e. The highest BCUT2D eigenvalue weighted by Gasteiger charge is 2.54. The second kappa shape index (κ2) is 10.8.